The van der Waals surface area contributed by atoms with Gasteiger partial charge in [0.05, 0.1) is 6.04 Å². The quantitative estimate of drug-likeness (QED) is 0.189. The van der Waals surface area contributed by atoms with Crippen LogP contribution in [0.4, 0.5) is 0 Å². The van der Waals surface area contributed by atoms with E-state index in [1.165, 1.54) is 0 Å². The lowest BCUT2D eigenvalue weighted by Crippen LogP contribution is -2.58. The normalized spacial score (nSPS) is 13.8. The largest absolute Gasteiger partial charge is 0.480 e. The molecule has 3 rings (SSSR count). The molecular formula is C33H40N4O5. The molecule has 3 amide bonds. The predicted molar refractivity (Wildman–Crippen MR) is 161 cm³/mol. The fourth-order valence-corrected chi connectivity index (χ4v) is 4.60. The Balaban J connectivity index is 1.75. The number of carbonyl (C=O) groups excluding carboxylic acids is 3. The smallest absolute Gasteiger partial charge is 0.326 e. The van der Waals surface area contributed by atoms with E-state index < -0.39 is 47.9 Å². The van der Waals surface area contributed by atoms with Crippen molar-refractivity contribution in [3.05, 3.63) is 108 Å². The first-order chi connectivity index (χ1) is 20.1. The summed E-state index contributed by atoms with van der Waals surface area (Å²) in [5.41, 5.74) is 8.65. The molecule has 0 aliphatic rings. The van der Waals surface area contributed by atoms with E-state index in [1.54, 1.807) is 24.3 Å². The maximum Gasteiger partial charge on any atom is 0.326 e. The molecule has 4 atom stereocenters. The summed E-state index contributed by atoms with van der Waals surface area (Å²) >= 11 is 0. The standard InChI is InChI=1S/C33H40N4O5/c1-22(2)18-27(31(39)37-29(33(41)42)21-25-16-10-5-11-17-25)36-32(40)28(20-24-14-8-4-9-15-24)35-30(38)26(34)19-23-12-6-3-7-13-23/h3-17,22,26-29H,18-21,34H2,1-2H3,(H,35,38)(H,36,40)(H,37,39)(H,41,42). The van der Waals surface area contributed by atoms with Crippen LogP contribution in [-0.2, 0) is 38.4 Å². The molecule has 3 aromatic rings. The third kappa shape index (κ3) is 10.5. The van der Waals surface area contributed by atoms with E-state index in [2.05, 4.69) is 16.0 Å². The molecule has 0 aliphatic heterocycles. The molecule has 3 aromatic carbocycles. The van der Waals surface area contributed by atoms with E-state index in [9.17, 15) is 24.3 Å². The van der Waals surface area contributed by atoms with Gasteiger partial charge in [0, 0.05) is 12.8 Å². The van der Waals surface area contributed by atoms with Gasteiger partial charge in [-0.3, -0.25) is 14.4 Å². The second-order valence-electron chi connectivity index (χ2n) is 10.8. The zero-order valence-corrected chi connectivity index (χ0v) is 24.0. The number of rotatable bonds is 15. The minimum absolute atomic E-state index is 0.0138. The van der Waals surface area contributed by atoms with Crippen LogP contribution in [0.1, 0.15) is 37.0 Å². The molecular weight excluding hydrogens is 532 g/mol. The second kappa shape index (κ2) is 16.1. The summed E-state index contributed by atoms with van der Waals surface area (Å²) in [6.07, 6.45) is 0.839. The Morgan fingerprint density at radius 1 is 0.595 bits per heavy atom. The van der Waals surface area contributed by atoms with E-state index in [4.69, 9.17) is 5.73 Å². The van der Waals surface area contributed by atoms with Crippen LogP contribution in [0.5, 0.6) is 0 Å². The van der Waals surface area contributed by atoms with Crippen molar-refractivity contribution in [1.82, 2.24) is 16.0 Å². The van der Waals surface area contributed by atoms with Gasteiger partial charge in [-0.15, -0.1) is 0 Å². The SMILES string of the molecule is CC(C)CC(NC(=O)C(Cc1ccccc1)NC(=O)C(N)Cc1ccccc1)C(=O)NC(Cc1ccccc1)C(=O)O. The molecule has 0 spiro atoms. The van der Waals surface area contributed by atoms with Crippen molar-refractivity contribution in [2.75, 3.05) is 0 Å². The van der Waals surface area contributed by atoms with Crippen molar-refractivity contribution in [2.45, 2.75) is 63.7 Å². The number of amides is 3. The number of benzene rings is 3. The Hall–Kier alpha value is -4.50. The fourth-order valence-electron chi connectivity index (χ4n) is 4.60. The molecule has 0 aliphatic carbocycles. The Morgan fingerprint density at radius 3 is 1.43 bits per heavy atom. The molecule has 222 valence electrons. The van der Waals surface area contributed by atoms with Crippen molar-refractivity contribution in [3.63, 3.8) is 0 Å². The molecule has 0 aromatic heterocycles. The van der Waals surface area contributed by atoms with E-state index >= 15 is 0 Å². The molecule has 0 heterocycles. The number of nitrogens with one attached hydrogen (secondary N) is 3. The predicted octanol–water partition coefficient (Wildman–Crippen LogP) is 2.63. The first kappa shape index (κ1) is 32.0. The van der Waals surface area contributed by atoms with Crippen LogP contribution in [0, 0.1) is 5.92 Å². The van der Waals surface area contributed by atoms with Gasteiger partial charge in [0.1, 0.15) is 18.1 Å². The summed E-state index contributed by atoms with van der Waals surface area (Å²) < 4.78 is 0. The van der Waals surface area contributed by atoms with Crippen molar-refractivity contribution in [1.29, 1.82) is 0 Å². The first-order valence-corrected chi connectivity index (χ1v) is 14.1. The van der Waals surface area contributed by atoms with Crippen molar-refractivity contribution in [2.24, 2.45) is 11.7 Å². The van der Waals surface area contributed by atoms with Crippen molar-refractivity contribution >= 4 is 23.7 Å². The van der Waals surface area contributed by atoms with Crippen LogP contribution in [0.2, 0.25) is 0 Å². The Kier molecular flexibility index (Phi) is 12.3. The molecule has 9 nitrogen and oxygen atoms in total. The van der Waals surface area contributed by atoms with Gasteiger partial charge >= 0.3 is 5.97 Å². The minimum atomic E-state index is -1.18. The maximum absolute atomic E-state index is 13.6. The average molecular weight is 573 g/mol. The van der Waals surface area contributed by atoms with E-state index in [0.29, 0.717) is 6.42 Å². The van der Waals surface area contributed by atoms with E-state index in [1.807, 2.05) is 80.6 Å². The minimum Gasteiger partial charge on any atom is -0.480 e. The van der Waals surface area contributed by atoms with Crippen molar-refractivity contribution < 1.29 is 24.3 Å². The Labute approximate surface area is 246 Å². The molecule has 0 saturated heterocycles. The Bertz CT molecular complexity index is 1300. The number of aliphatic carboxylic acids is 1. The lowest BCUT2D eigenvalue weighted by molar-refractivity contribution is -0.142. The van der Waals surface area contributed by atoms with Gasteiger partial charge in [-0.25, -0.2) is 4.79 Å². The van der Waals surface area contributed by atoms with Crippen LogP contribution < -0.4 is 21.7 Å². The maximum atomic E-state index is 13.6. The molecule has 6 N–H and O–H groups in total. The zero-order valence-electron chi connectivity index (χ0n) is 24.0. The number of hydrogen-bond acceptors (Lipinski definition) is 5. The van der Waals surface area contributed by atoms with E-state index in [-0.39, 0.29) is 25.2 Å². The Morgan fingerprint density at radius 2 is 0.976 bits per heavy atom. The topological polar surface area (TPSA) is 151 Å². The van der Waals surface area contributed by atoms with Gasteiger partial charge < -0.3 is 26.8 Å². The molecule has 4 unspecified atom stereocenters. The third-order valence-electron chi connectivity index (χ3n) is 6.79. The number of carboxylic acid groups (broad SMARTS) is 1. The van der Waals surface area contributed by atoms with E-state index in [0.717, 1.165) is 16.7 Å². The summed E-state index contributed by atoms with van der Waals surface area (Å²) in [7, 11) is 0. The number of carbonyl (C=O) groups is 4. The molecule has 0 saturated carbocycles. The fraction of sp³-hybridized carbons (Fsp3) is 0.333. The number of hydrogen-bond donors (Lipinski definition) is 5. The van der Waals surface area contributed by atoms with Gasteiger partial charge in [0.15, 0.2) is 0 Å². The van der Waals surface area contributed by atoms with Gasteiger partial charge in [-0.05, 0) is 35.4 Å². The molecule has 42 heavy (non-hydrogen) atoms. The van der Waals surface area contributed by atoms with Crippen LogP contribution >= 0.6 is 0 Å². The van der Waals surface area contributed by atoms with Gasteiger partial charge in [0.25, 0.3) is 0 Å². The van der Waals surface area contributed by atoms with Crippen LogP contribution in [0.3, 0.4) is 0 Å². The van der Waals surface area contributed by atoms with Gasteiger partial charge in [-0.2, -0.15) is 0 Å². The molecule has 9 heteroatoms. The number of carboxylic acids is 1. The highest BCUT2D eigenvalue weighted by atomic mass is 16.4. The molecule has 0 bridgehead atoms. The summed E-state index contributed by atoms with van der Waals surface area (Å²) in [5, 5.41) is 17.9. The number of nitrogens with two attached hydrogens (primary N) is 1. The molecule has 0 fully saturated rings. The van der Waals surface area contributed by atoms with Crippen LogP contribution in [-0.4, -0.2) is 53.0 Å². The van der Waals surface area contributed by atoms with Gasteiger partial charge in [0.2, 0.25) is 17.7 Å². The highest BCUT2D eigenvalue weighted by Gasteiger charge is 2.31. The average Bonchev–Trinajstić information content (AvgIpc) is 2.97. The summed E-state index contributed by atoms with van der Waals surface area (Å²) in [6, 6.07) is 23.5. The summed E-state index contributed by atoms with van der Waals surface area (Å²) in [6.45, 7) is 3.80. The highest BCUT2D eigenvalue weighted by molar-refractivity contribution is 5.94. The lowest BCUT2D eigenvalue weighted by atomic mass is 9.99. The summed E-state index contributed by atoms with van der Waals surface area (Å²) in [4.78, 5) is 52.0. The molecule has 0 radical (unpaired) electrons. The lowest BCUT2D eigenvalue weighted by Gasteiger charge is -2.26. The van der Waals surface area contributed by atoms with Crippen molar-refractivity contribution in [3.8, 4) is 0 Å². The first-order valence-electron chi connectivity index (χ1n) is 14.1. The highest BCUT2D eigenvalue weighted by Crippen LogP contribution is 2.10. The second-order valence-corrected chi connectivity index (χ2v) is 10.8. The monoisotopic (exact) mass is 572 g/mol. The third-order valence-corrected chi connectivity index (χ3v) is 6.79. The van der Waals surface area contributed by atoms with Crippen LogP contribution in [0.15, 0.2) is 91.0 Å². The summed E-state index contributed by atoms with van der Waals surface area (Å²) in [5.74, 6) is -2.82. The zero-order chi connectivity index (χ0) is 30.5. The van der Waals surface area contributed by atoms with Gasteiger partial charge in [-0.1, -0.05) is 105 Å². The van der Waals surface area contributed by atoms with Crippen LogP contribution in [0.25, 0.3) is 0 Å².